The lowest BCUT2D eigenvalue weighted by atomic mass is 9.83. The molecule has 0 radical (unpaired) electrons. The van der Waals surface area contributed by atoms with Gasteiger partial charge in [0.05, 0.1) is 19.8 Å². The van der Waals surface area contributed by atoms with Crippen LogP contribution in [0.1, 0.15) is 31.7 Å². The quantitative estimate of drug-likeness (QED) is 0.338. The van der Waals surface area contributed by atoms with Gasteiger partial charge in [-0.15, -0.1) is 0 Å². The molecule has 1 aliphatic carbocycles. The number of halogens is 1. The number of benzene rings is 1. The summed E-state index contributed by atoms with van der Waals surface area (Å²) in [7, 11) is 1.70. The zero-order chi connectivity index (χ0) is 17.3. The molecule has 5 atom stereocenters. The molecule has 2 heterocycles. The van der Waals surface area contributed by atoms with E-state index in [1.807, 2.05) is 0 Å². The van der Waals surface area contributed by atoms with E-state index in [1.54, 1.807) is 7.11 Å². The summed E-state index contributed by atoms with van der Waals surface area (Å²) in [5.41, 5.74) is 1.85. The average molecular weight is 426 g/mol. The van der Waals surface area contributed by atoms with Crippen molar-refractivity contribution in [3.63, 3.8) is 0 Å². The van der Waals surface area contributed by atoms with Gasteiger partial charge < -0.3 is 35.7 Å². The molecule has 1 aromatic carbocycles. The van der Waals surface area contributed by atoms with Crippen LogP contribution in [0.25, 0.3) is 0 Å². The van der Waals surface area contributed by atoms with Gasteiger partial charge >= 0.3 is 0 Å². The molecule has 0 unspecified atom stereocenters. The molecule has 0 amide bonds. The predicted octanol–water partition coefficient (Wildman–Crippen LogP) is 0.215. The largest absolute Gasteiger partial charge is 1.00 e. The third kappa shape index (κ3) is 3.26. The minimum absolute atomic E-state index is 0. The van der Waals surface area contributed by atoms with Crippen molar-refractivity contribution in [3.05, 3.63) is 35.9 Å². The summed E-state index contributed by atoms with van der Waals surface area (Å²) < 4.78 is 18.1. The summed E-state index contributed by atoms with van der Waals surface area (Å²) in [5.74, 6) is 1.54. The standard InChI is InChI=1S/C21H32NO3.BrH/c1-21-18-8-9-19(21)20(25-16-24-13-12-23-2)15-22(21,11-10-18)14-17-6-4-3-5-7-17;/h3-7,18-20H,8-16H2,1-2H3;1H/q+1;/p-1/t18-,19+,20+,21+,22+;/m0./s1. The number of methoxy groups -OCH3 is 1. The van der Waals surface area contributed by atoms with E-state index in [2.05, 4.69) is 37.3 Å². The first-order chi connectivity index (χ1) is 12.2. The Morgan fingerprint density at radius 2 is 1.92 bits per heavy atom. The van der Waals surface area contributed by atoms with Crippen molar-refractivity contribution in [2.75, 3.05) is 40.2 Å². The summed E-state index contributed by atoms with van der Waals surface area (Å²) in [6.45, 7) is 7.78. The van der Waals surface area contributed by atoms with Gasteiger partial charge in [-0.25, -0.2) is 0 Å². The predicted molar refractivity (Wildman–Crippen MR) is 96.9 cm³/mol. The van der Waals surface area contributed by atoms with Crippen LogP contribution in [0.2, 0.25) is 0 Å². The second-order valence-electron chi connectivity index (χ2n) is 8.31. The summed E-state index contributed by atoms with van der Waals surface area (Å²) in [5, 5.41) is 0. The fourth-order valence-corrected chi connectivity index (χ4v) is 6.16. The van der Waals surface area contributed by atoms with E-state index < -0.39 is 0 Å². The molecule has 0 N–H and O–H groups in total. The number of hydrogen-bond donors (Lipinski definition) is 0. The number of hydrogen-bond acceptors (Lipinski definition) is 3. The van der Waals surface area contributed by atoms with E-state index in [9.17, 15) is 0 Å². The summed E-state index contributed by atoms with van der Waals surface area (Å²) >= 11 is 0. The minimum Gasteiger partial charge on any atom is -1.00 e. The highest BCUT2D eigenvalue weighted by molar-refractivity contribution is 5.16. The van der Waals surface area contributed by atoms with Gasteiger partial charge in [0.15, 0.2) is 0 Å². The van der Waals surface area contributed by atoms with Crippen LogP contribution in [-0.4, -0.2) is 56.3 Å². The number of rotatable bonds is 8. The molecule has 1 saturated carbocycles. The van der Waals surface area contributed by atoms with E-state index in [4.69, 9.17) is 14.2 Å². The molecule has 2 aliphatic heterocycles. The Bertz CT molecular complexity index is 586. The molecule has 4 rings (SSSR count). The van der Waals surface area contributed by atoms with Crippen molar-refractivity contribution in [1.82, 2.24) is 0 Å². The van der Waals surface area contributed by atoms with E-state index in [-0.39, 0.29) is 17.0 Å². The van der Waals surface area contributed by atoms with Gasteiger partial charge in [-0.3, -0.25) is 0 Å². The maximum Gasteiger partial charge on any atom is 0.147 e. The monoisotopic (exact) mass is 425 g/mol. The highest BCUT2D eigenvalue weighted by Gasteiger charge is 2.71. The van der Waals surface area contributed by atoms with Gasteiger partial charge in [0.2, 0.25) is 0 Å². The molecule has 26 heavy (non-hydrogen) atoms. The van der Waals surface area contributed by atoms with E-state index in [1.165, 1.54) is 35.9 Å². The molecular formula is C21H32BrNO3. The Hall–Kier alpha value is -0.460. The smallest absolute Gasteiger partial charge is 0.147 e. The lowest BCUT2D eigenvalue weighted by Gasteiger charge is -2.43. The van der Waals surface area contributed by atoms with Crippen molar-refractivity contribution in [2.24, 2.45) is 11.8 Å². The van der Waals surface area contributed by atoms with Gasteiger partial charge in [-0.2, -0.15) is 0 Å². The van der Waals surface area contributed by atoms with Crippen molar-refractivity contribution in [1.29, 1.82) is 0 Å². The molecule has 5 heteroatoms. The fourth-order valence-electron chi connectivity index (χ4n) is 6.16. The third-order valence-corrected chi connectivity index (χ3v) is 7.43. The lowest BCUT2D eigenvalue weighted by Crippen LogP contribution is -3.00. The van der Waals surface area contributed by atoms with Crippen LogP contribution in [0.5, 0.6) is 0 Å². The summed E-state index contributed by atoms with van der Waals surface area (Å²) in [6, 6.07) is 11.0. The van der Waals surface area contributed by atoms with Crippen LogP contribution in [-0.2, 0) is 20.8 Å². The molecule has 0 spiro atoms. The Morgan fingerprint density at radius 1 is 1.12 bits per heavy atom. The number of ether oxygens (including phenoxy) is 3. The van der Waals surface area contributed by atoms with Crippen molar-refractivity contribution in [2.45, 2.75) is 44.4 Å². The first-order valence-electron chi connectivity index (χ1n) is 9.78. The van der Waals surface area contributed by atoms with Gasteiger partial charge in [-0.1, -0.05) is 30.3 Å². The van der Waals surface area contributed by atoms with E-state index in [0.717, 1.165) is 19.0 Å². The first-order valence-corrected chi connectivity index (χ1v) is 9.78. The van der Waals surface area contributed by atoms with Crippen molar-refractivity contribution in [3.8, 4) is 0 Å². The molecule has 0 aromatic heterocycles. The highest BCUT2D eigenvalue weighted by Crippen LogP contribution is 2.61. The number of quaternary nitrogens is 1. The Balaban J connectivity index is 0.00000196. The van der Waals surface area contributed by atoms with Crippen molar-refractivity contribution < 1.29 is 35.7 Å². The van der Waals surface area contributed by atoms with E-state index >= 15 is 0 Å². The van der Waals surface area contributed by atoms with Crippen LogP contribution in [0.15, 0.2) is 30.3 Å². The molecular weight excluding hydrogens is 394 g/mol. The highest BCUT2D eigenvalue weighted by atomic mass is 79.9. The van der Waals surface area contributed by atoms with Crippen LogP contribution < -0.4 is 17.0 Å². The van der Waals surface area contributed by atoms with Crippen LogP contribution >= 0.6 is 0 Å². The SMILES string of the molecule is COCCOCO[C@@H]1C[N@+]2(Cc3ccccc3)CC[C@@H]3CC[C@H]1[C@@]32C.[Br-]. The molecule has 1 aromatic rings. The van der Waals surface area contributed by atoms with Gasteiger partial charge in [-0.05, 0) is 19.8 Å². The Kier molecular flexibility index (Phi) is 6.45. The zero-order valence-electron chi connectivity index (χ0n) is 16.0. The van der Waals surface area contributed by atoms with Gasteiger partial charge in [0.1, 0.15) is 31.5 Å². The molecule has 3 fully saturated rings. The van der Waals surface area contributed by atoms with E-state index in [0.29, 0.717) is 37.6 Å². The maximum atomic E-state index is 6.25. The molecule has 3 aliphatic rings. The minimum atomic E-state index is 0. The van der Waals surface area contributed by atoms with Crippen LogP contribution in [0.4, 0.5) is 0 Å². The van der Waals surface area contributed by atoms with Gasteiger partial charge in [0, 0.05) is 30.9 Å². The summed E-state index contributed by atoms with van der Waals surface area (Å²) in [4.78, 5) is 0. The van der Waals surface area contributed by atoms with Crippen LogP contribution in [0.3, 0.4) is 0 Å². The Morgan fingerprint density at radius 3 is 2.69 bits per heavy atom. The molecule has 2 saturated heterocycles. The van der Waals surface area contributed by atoms with Crippen molar-refractivity contribution >= 4 is 0 Å². The summed E-state index contributed by atoms with van der Waals surface area (Å²) in [6.07, 6.45) is 4.41. The molecule has 0 bridgehead atoms. The second-order valence-corrected chi connectivity index (χ2v) is 8.31. The Labute approximate surface area is 168 Å². The first kappa shape index (κ1) is 20.3. The number of nitrogens with zero attached hydrogens (tertiary/aromatic N) is 1. The zero-order valence-corrected chi connectivity index (χ0v) is 17.6. The molecule has 146 valence electrons. The second kappa shape index (κ2) is 8.27. The maximum absolute atomic E-state index is 6.25. The third-order valence-electron chi connectivity index (χ3n) is 7.43. The van der Waals surface area contributed by atoms with Crippen LogP contribution in [0, 0.1) is 11.8 Å². The normalized spacial score (nSPS) is 37.5. The topological polar surface area (TPSA) is 27.7 Å². The van der Waals surface area contributed by atoms with Gasteiger partial charge in [0.25, 0.3) is 0 Å². The lowest BCUT2D eigenvalue weighted by molar-refractivity contribution is -0.966. The fraction of sp³-hybridized carbons (Fsp3) is 0.714. The average Bonchev–Trinajstić information content (AvgIpc) is 3.18. The molecule has 4 nitrogen and oxygen atoms in total.